The van der Waals surface area contributed by atoms with Crippen LogP contribution in [0.4, 0.5) is 4.39 Å². The monoisotopic (exact) mass is 362 g/mol. The first-order valence-electron chi connectivity index (χ1n) is 9.56. The molecule has 26 heavy (non-hydrogen) atoms. The van der Waals surface area contributed by atoms with Gasteiger partial charge in [-0.05, 0) is 55.9 Å². The lowest BCUT2D eigenvalue weighted by Gasteiger charge is -2.15. The Labute approximate surface area is 155 Å². The Kier molecular flexibility index (Phi) is 8.41. The average molecular weight is 362 g/mol. The first-order valence-corrected chi connectivity index (χ1v) is 9.56. The maximum absolute atomic E-state index is 13.5. The number of aromatic nitrogens is 1. The van der Waals surface area contributed by atoms with Crippen LogP contribution in [0.25, 0.3) is 10.9 Å². The lowest BCUT2D eigenvalue weighted by molar-refractivity contribution is 0.253. The third-order valence-corrected chi connectivity index (χ3v) is 4.50. The second-order valence-electron chi connectivity index (χ2n) is 6.57. The minimum Gasteiger partial charge on any atom is -0.396 e. The van der Waals surface area contributed by atoms with Crippen LogP contribution in [0.3, 0.4) is 0 Å². The van der Waals surface area contributed by atoms with Crippen LogP contribution in [0, 0.1) is 11.7 Å². The molecule has 2 rings (SSSR count). The molecule has 1 atom stereocenters. The number of halogens is 1. The van der Waals surface area contributed by atoms with Crippen molar-refractivity contribution in [3.05, 3.63) is 35.8 Å². The van der Waals surface area contributed by atoms with Crippen molar-refractivity contribution in [1.29, 1.82) is 0 Å². The molecule has 0 aliphatic rings. The molecule has 0 aliphatic heterocycles. The number of aliphatic hydroxyl groups excluding tert-OH is 1. The zero-order valence-corrected chi connectivity index (χ0v) is 15.8. The zero-order chi connectivity index (χ0) is 18.8. The van der Waals surface area contributed by atoms with E-state index in [-0.39, 0.29) is 12.4 Å². The molecule has 1 unspecified atom stereocenters. The minimum atomic E-state index is -0.216. The standard InChI is InChI=1S/C20H31FN4O/c1-3-5-15(9-11-26)13-25-20(22-4-2)23-10-8-16-14-24-19-7-6-17(21)12-18(16)19/h6-7,12,14-15,24,26H,3-5,8-11,13H2,1-2H3,(H2,22,23,25). The van der Waals surface area contributed by atoms with Gasteiger partial charge in [0.2, 0.25) is 0 Å². The van der Waals surface area contributed by atoms with E-state index in [1.54, 1.807) is 12.1 Å². The van der Waals surface area contributed by atoms with E-state index < -0.39 is 0 Å². The molecule has 0 radical (unpaired) electrons. The summed E-state index contributed by atoms with van der Waals surface area (Å²) in [6.45, 7) is 6.62. The minimum absolute atomic E-state index is 0.210. The Hall–Kier alpha value is -2.08. The number of benzene rings is 1. The quantitative estimate of drug-likeness (QED) is 0.387. The van der Waals surface area contributed by atoms with E-state index >= 15 is 0 Å². The van der Waals surface area contributed by atoms with Gasteiger partial charge in [0.25, 0.3) is 0 Å². The van der Waals surface area contributed by atoms with E-state index in [9.17, 15) is 9.50 Å². The van der Waals surface area contributed by atoms with Crippen molar-refractivity contribution in [2.45, 2.75) is 39.5 Å². The molecule has 5 nitrogen and oxygen atoms in total. The van der Waals surface area contributed by atoms with Crippen molar-refractivity contribution >= 4 is 16.9 Å². The van der Waals surface area contributed by atoms with E-state index in [2.05, 4.69) is 27.5 Å². The zero-order valence-electron chi connectivity index (χ0n) is 15.8. The van der Waals surface area contributed by atoms with Crippen molar-refractivity contribution in [2.75, 3.05) is 26.2 Å². The third kappa shape index (κ3) is 6.02. The number of hydrogen-bond donors (Lipinski definition) is 4. The fourth-order valence-corrected chi connectivity index (χ4v) is 3.15. The number of H-pyrrole nitrogens is 1. The number of aliphatic hydroxyl groups is 1. The highest BCUT2D eigenvalue weighted by Gasteiger charge is 2.08. The second kappa shape index (κ2) is 10.8. The molecule has 0 spiro atoms. The maximum atomic E-state index is 13.5. The molecule has 0 aliphatic carbocycles. The normalized spacial score (nSPS) is 13.2. The second-order valence-corrected chi connectivity index (χ2v) is 6.57. The van der Waals surface area contributed by atoms with E-state index in [4.69, 9.17) is 0 Å². The predicted octanol–water partition coefficient (Wildman–Crippen LogP) is 3.20. The highest BCUT2D eigenvalue weighted by Crippen LogP contribution is 2.19. The number of aliphatic imine (C=N–C) groups is 1. The summed E-state index contributed by atoms with van der Waals surface area (Å²) in [7, 11) is 0. The number of aromatic amines is 1. The smallest absolute Gasteiger partial charge is 0.191 e. The van der Waals surface area contributed by atoms with E-state index in [1.807, 2.05) is 13.1 Å². The third-order valence-electron chi connectivity index (χ3n) is 4.50. The molecule has 0 saturated heterocycles. The maximum Gasteiger partial charge on any atom is 0.191 e. The van der Waals surface area contributed by atoms with Gasteiger partial charge in [-0.25, -0.2) is 4.39 Å². The summed E-state index contributed by atoms with van der Waals surface area (Å²) in [5.41, 5.74) is 2.04. The molecule has 4 N–H and O–H groups in total. The molecular formula is C20H31FN4O. The van der Waals surface area contributed by atoms with Gasteiger partial charge >= 0.3 is 0 Å². The van der Waals surface area contributed by atoms with Gasteiger partial charge in [0.15, 0.2) is 5.96 Å². The van der Waals surface area contributed by atoms with Crippen LogP contribution in [-0.4, -0.2) is 42.3 Å². The van der Waals surface area contributed by atoms with Gasteiger partial charge in [0.05, 0.1) is 0 Å². The topological polar surface area (TPSA) is 72.4 Å². The molecule has 1 aromatic carbocycles. The molecule has 0 bridgehead atoms. The fraction of sp³-hybridized carbons (Fsp3) is 0.550. The molecule has 1 aromatic heterocycles. The first kappa shape index (κ1) is 20.2. The summed E-state index contributed by atoms with van der Waals surface area (Å²) < 4.78 is 13.5. The van der Waals surface area contributed by atoms with Crippen LogP contribution in [-0.2, 0) is 6.42 Å². The van der Waals surface area contributed by atoms with Crippen molar-refractivity contribution in [2.24, 2.45) is 10.9 Å². The molecule has 2 aromatic rings. The van der Waals surface area contributed by atoms with Gasteiger partial charge in [0.1, 0.15) is 5.82 Å². The lowest BCUT2D eigenvalue weighted by Crippen LogP contribution is -2.38. The summed E-state index contributed by atoms with van der Waals surface area (Å²) in [6.07, 6.45) is 5.68. The molecule has 0 amide bonds. The van der Waals surface area contributed by atoms with Gasteiger partial charge in [0, 0.05) is 43.3 Å². The molecule has 6 heteroatoms. The summed E-state index contributed by atoms with van der Waals surface area (Å²) in [5, 5.41) is 16.7. The van der Waals surface area contributed by atoms with E-state index in [1.165, 1.54) is 6.07 Å². The van der Waals surface area contributed by atoms with Crippen LogP contribution >= 0.6 is 0 Å². The number of hydrogen-bond acceptors (Lipinski definition) is 2. The fourth-order valence-electron chi connectivity index (χ4n) is 3.15. The average Bonchev–Trinajstić information content (AvgIpc) is 3.02. The van der Waals surface area contributed by atoms with Crippen molar-refractivity contribution in [3.8, 4) is 0 Å². The lowest BCUT2D eigenvalue weighted by atomic mass is 10.0. The van der Waals surface area contributed by atoms with Crippen LogP contribution in [0.1, 0.15) is 38.7 Å². The van der Waals surface area contributed by atoms with Crippen molar-refractivity contribution in [1.82, 2.24) is 15.6 Å². The SMILES string of the molecule is CCCC(CCO)CN=C(NCC)NCCc1c[nH]c2ccc(F)cc12. The highest BCUT2D eigenvalue weighted by molar-refractivity contribution is 5.83. The summed E-state index contributed by atoms with van der Waals surface area (Å²) in [4.78, 5) is 7.84. The number of guanidine groups is 1. The number of nitrogens with zero attached hydrogens (tertiary/aromatic N) is 1. The van der Waals surface area contributed by atoms with Crippen LogP contribution in [0.5, 0.6) is 0 Å². The molecule has 1 heterocycles. The largest absolute Gasteiger partial charge is 0.396 e. The van der Waals surface area contributed by atoms with E-state index in [0.29, 0.717) is 19.0 Å². The summed E-state index contributed by atoms with van der Waals surface area (Å²) >= 11 is 0. The van der Waals surface area contributed by atoms with Gasteiger partial charge in [-0.2, -0.15) is 0 Å². The Morgan fingerprint density at radius 1 is 1.27 bits per heavy atom. The van der Waals surface area contributed by atoms with Gasteiger partial charge < -0.3 is 20.7 Å². The van der Waals surface area contributed by atoms with Crippen LogP contribution < -0.4 is 10.6 Å². The molecule has 0 fully saturated rings. The van der Waals surface area contributed by atoms with E-state index in [0.717, 1.165) is 54.7 Å². The van der Waals surface area contributed by atoms with Crippen LogP contribution in [0.2, 0.25) is 0 Å². The van der Waals surface area contributed by atoms with Gasteiger partial charge in [-0.15, -0.1) is 0 Å². The molecular weight excluding hydrogens is 331 g/mol. The first-order chi connectivity index (χ1) is 12.7. The van der Waals surface area contributed by atoms with Gasteiger partial charge in [-0.1, -0.05) is 13.3 Å². The Bertz CT molecular complexity index is 692. The Balaban J connectivity index is 1.92. The summed E-state index contributed by atoms with van der Waals surface area (Å²) in [6, 6.07) is 4.81. The van der Waals surface area contributed by atoms with Crippen molar-refractivity contribution in [3.63, 3.8) is 0 Å². The Morgan fingerprint density at radius 3 is 2.85 bits per heavy atom. The van der Waals surface area contributed by atoms with Gasteiger partial charge in [-0.3, -0.25) is 4.99 Å². The molecule has 144 valence electrons. The Morgan fingerprint density at radius 2 is 2.12 bits per heavy atom. The number of nitrogens with one attached hydrogen (secondary N) is 3. The highest BCUT2D eigenvalue weighted by atomic mass is 19.1. The predicted molar refractivity (Wildman–Crippen MR) is 106 cm³/mol. The number of rotatable bonds is 10. The number of fused-ring (bicyclic) bond motifs is 1. The summed E-state index contributed by atoms with van der Waals surface area (Å²) in [5.74, 6) is 0.988. The molecule has 0 saturated carbocycles. The van der Waals surface area contributed by atoms with Crippen molar-refractivity contribution < 1.29 is 9.50 Å². The van der Waals surface area contributed by atoms with Crippen LogP contribution in [0.15, 0.2) is 29.4 Å².